The van der Waals surface area contributed by atoms with E-state index in [1.807, 2.05) is 0 Å². The van der Waals surface area contributed by atoms with Gasteiger partial charge in [-0.1, -0.05) is 20.8 Å². The molecule has 2 aromatic rings. The Morgan fingerprint density at radius 1 is 1.26 bits per heavy atom. The van der Waals surface area contributed by atoms with Crippen molar-refractivity contribution < 1.29 is 0 Å². The molecular weight excluding hydrogens is 260 g/mol. The lowest BCUT2D eigenvalue weighted by molar-refractivity contribution is 0.798. The Bertz CT molecular complexity index is 511. The van der Waals surface area contributed by atoms with E-state index in [4.69, 9.17) is 0 Å². The van der Waals surface area contributed by atoms with Crippen molar-refractivity contribution in [3.8, 4) is 0 Å². The molecular formula is C12H18N6S. The van der Waals surface area contributed by atoms with Crippen molar-refractivity contribution >= 4 is 17.6 Å². The molecule has 6 nitrogen and oxygen atoms in total. The number of anilines is 1. The predicted octanol–water partition coefficient (Wildman–Crippen LogP) is 2.69. The maximum atomic E-state index is 4.37. The molecule has 102 valence electrons. The zero-order valence-corrected chi connectivity index (χ0v) is 12.2. The van der Waals surface area contributed by atoms with Crippen LogP contribution in [0.4, 0.5) is 5.82 Å². The lowest BCUT2D eigenvalue weighted by atomic mass is 10.1. The Hall–Kier alpha value is -1.63. The predicted molar refractivity (Wildman–Crippen MR) is 75.4 cm³/mol. The van der Waals surface area contributed by atoms with Crippen molar-refractivity contribution in [3.63, 3.8) is 0 Å². The summed E-state index contributed by atoms with van der Waals surface area (Å²) in [5.74, 6) is 1.25. The van der Waals surface area contributed by atoms with Crippen LogP contribution in [0.1, 0.15) is 38.7 Å². The van der Waals surface area contributed by atoms with Crippen molar-refractivity contribution in [2.24, 2.45) is 0 Å². The van der Waals surface area contributed by atoms with Crippen molar-refractivity contribution in [2.75, 3.05) is 11.9 Å². The normalized spacial score (nSPS) is 10.9. The highest BCUT2D eigenvalue weighted by atomic mass is 32.2. The maximum Gasteiger partial charge on any atom is 0.189 e. The topological polar surface area (TPSA) is 79.4 Å². The highest BCUT2D eigenvalue weighted by molar-refractivity contribution is 7.99. The van der Waals surface area contributed by atoms with Gasteiger partial charge in [0, 0.05) is 12.1 Å². The molecule has 2 rings (SSSR count). The van der Waals surface area contributed by atoms with Crippen molar-refractivity contribution in [1.29, 1.82) is 0 Å². The molecule has 0 saturated carbocycles. The third kappa shape index (κ3) is 3.44. The number of hydrogen-bond acceptors (Lipinski definition) is 6. The minimum atomic E-state index is 0.339. The Labute approximate surface area is 116 Å². The molecule has 0 aliphatic rings. The SMILES string of the molecule is CCCNc1ncnc(Sc2ncn[nH]2)c1C(C)C. The van der Waals surface area contributed by atoms with E-state index >= 15 is 0 Å². The van der Waals surface area contributed by atoms with E-state index in [0.717, 1.165) is 34.5 Å². The van der Waals surface area contributed by atoms with Crippen LogP contribution in [0.2, 0.25) is 0 Å². The third-order valence-corrected chi connectivity index (χ3v) is 3.46. The number of rotatable bonds is 6. The molecule has 2 N–H and O–H groups in total. The largest absolute Gasteiger partial charge is 0.370 e. The van der Waals surface area contributed by atoms with Gasteiger partial charge in [0.15, 0.2) is 5.16 Å². The van der Waals surface area contributed by atoms with E-state index < -0.39 is 0 Å². The second-order valence-electron chi connectivity index (χ2n) is 4.42. The summed E-state index contributed by atoms with van der Waals surface area (Å²) in [4.78, 5) is 12.8. The number of H-pyrrole nitrogens is 1. The summed E-state index contributed by atoms with van der Waals surface area (Å²) in [5, 5.41) is 11.7. The summed E-state index contributed by atoms with van der Waals surface area (Å²) < 4.78 is 0. The minimum Gasteiger partial charge on any atom is -0.370 e. The van der Waals surface area contributed by atoms with Crippen LogP contribution < -0.4 is 5.32 Å². The van der Waals surface area contributed by atoms with Crippen LogP contribution in [0.15, 0.2) is 22.8 Å². The highest BCUT2D eigenvalue weighted by Crippen LogP contribution is 2.33. The zero-order valence-electron chi connectivity index (χ0n) is 11.3. The molecule has 0 fully saturated rings. The fourth-order valence-electron chi connectivity index (χ4n) is 1.70. The van der Waals surface area contributed by atoms with Gasteiger partial charge in [-0.2, -0.15) is 5.10 Å². The molecule has 0 aromatic carbocycles. The second-order valence-corrected chi connectivity index (χ2v) is 5.39. The van der Waals surface area contributed by atoms with Crippen LogP contribution in [0.25, 0.3) is 0 Å². The number of nitrogens with one attached hydrogen (secondary N) is 2. The second kappa shape index (κ2) is 6.51. The highest BCUT2D eigenvalue weighted by Gasteiger charge is 2.16. The molecule has 2 heterocycles. The molecule has 0 saturated heterocycles. The van der Waals surface area contributed by atoms with Gasteiger partial charge in [0.05, 0.1) is 0 Å². The van der Waals surface area contributed by atoms with Crippen LogP contribution >= 0.6 is 11.8 Å². The van der Waals surface area contributed by atoms with Gasteiger partial charge in [-0.05, 0) is 24.1 Å². The maximum absolute atomic E-state index is 4.37. The van der Waals surface area contributed by atoms with Gasteiger partial charge in [-0.3, -0.25) is 5.10 Å². The summed E-state index contributed by atoms with van der Waals surface area (Å²) in [5.41, 5.74) is 1.12. The Morgan fingerprint density at radius 2 is 2.11 bits per heavy atom. The minimum absolute atomic E-state index is 0.339. The van der Waals surface area contributed by atoms with Crippen LogP contribution in [0, 0.1) is 0 Å². The average Bonchev–Trinajstić information content (AvgIpc) is 2.89. The van der Waals surface area contributed by atoms with Crippen molar-refractivity contribution in [1.82, 2.24) is 25.1 Å². The molecule has 0 unspecified atom stereocenters. The van der Waals surface area contributed by atoms with Gasteiger partial charge in [0.1, 0.15) is 23.5 Å². The van der Waals surface area contributed by atoms with E-state index in [1.165, 1.54) is 18.1 Å². The number of aromatic nitrogens is 5. The van der Waals surface area contributed by atoms with Crippen LogP contribution in [0.3, 0.4) is 0 Å². The zero-order chi connectivity index (χ0) is 13.7. The van der Waals surface area contributed by atoms with Gasteiger partial charge in [-0.15, -0.1) is 0 Å². The quantitative estimate of drug-likeness (QED) is 0.791. The smallest absolute Gasteiger partial charge is 0.189 e. The lowest BCUT2D eigenvalue weighted by Gasteiger charge is -2.15. The molecule has 0 aliphatic carbocycles. The number of aromatic amines is 1. The summed E-state index contributed by atoms with van der Waals surface area (Å²) in [6.07, 6.45) is 4.14. The first kappa shape index (κ1) is 13.8. The Kier molecular flexibility index (Phi) is 4.73. The first-order valence-corrected chi connectivity index (χ1v) is 7.16. The van der Waals surface area contributed by atoms with Gasteiger partial charge in [0.2, 0.25) is 0 Å². The Morgan fingerprint density at radius 3 is 2.74 bits per heavy atom. The first-order valence-electron chi connectivity index (χ1n) is 6.34. The Balaban J connectivity index is 2.31. The molecule has 7 heteroatoms. The number of nitrogens with zero attached hydrogens (tertiary/aromatic N) is 4. The van der Waals surface area contributed by atoms with E-state index in [1.54, 1.807) is 6.33 Å². The molecule has 0 bridgehead atoms. The van der Waals surface area contributed by atoms with Gasteiger partial charge < -0.3 is 5.32 Å². The van der Waals surface area contributed by atoms with Gasteiger partial charge >= 0.3 is 0 Å². The average molecular weight is 278 g/mol. The molecule has 0 radical (unpaired) electrons. The molecule has 0 atom stereocenters. The molecule has 0 amide bonds. The summed E-state index contributed by atoms with van der Waals surface area (Å²) in [6.45, 7) is 7.32. The fraction of sp³-hybridized carbons (Fsp3) is 0.500. The van der Waals surface area contributed by atoms with Crippen LogP contribution in [-0.4, -0.2) is 31.7 Å². The molecule has 0 spiro atoms. The van der Waals surface area contributed by atoms with E-state index in [9.17, 15) is 0 Å². The lowest BCUT2D eigenvalue weighted by Crippen LogP contribution is -2.08. The summed E-state index contributed by atoms with van der Waals surface area (Å²) >= 11 is 1.48. The summed E-state index contributed by atoms with van der Waals surface area (Å²) in [6, 6.07) is 0. The van der Waals surface area contributed by atoms with Crippen LogP contribution in [-0.2, 0) is 0 Å². The molecule has 0 aliphatic heterocycles. The van der Waals surface area contributed by atoms with Crippen molar-refractivity contribution in [2.45, 2.75) is 43.3 Å². The van der Waals surface area contributed by atoms with Crippen LogP contribution in [0.5, 0.6) is 0 Å². The van der Waals surface area contributed by atoms with E-state index in [-0.39, 0.29) is 0 Å². The first-order chi connectivity index (χ1) is 9.22. The third-order valence-electron chi connectivity index (χ3n) is 2.55. The van der Waals surface area contributed by atoms with Crippen molar-refractivity contribution in [3.05, 3.63) is 18.2 Å². The van der Waals surface area contributed by atoms with Gasteiger partial charge in [-0.25, -0.2) is 15.0 Å². The fourth-order valence-corrected chi connectivity index (χ4v) is 2.62. The van der Waals surface area contributed by atoms with Gasteiger partial charge in [0.25, 0.3) is 0 Å². The monoisotopic (exact) mass is 278 g/mol. The van der Waals surface area contributed by atoms with E-state index in [0.29, 0.717) is 5.92 Å². The van der Waals surface area contributed by atoms with E-state index in [2.05, 4.69) is 51.2 Å². The number of hydrogen-bond donors (Lipinski definition) is 2. The standard InChI is InChI=1S/C12H18N6S/c1-4-5-13-10-9(8(2)3)11(15-6-14-10)19-12-16-7-17-18-12/h6-8H,4-5H2,1-3H3,(H,13,14,15)(H,16,17,18). The summed E-state index contributed by atoms with van der Waals surface area (Å²) in [7, 11) is 0. The molecule has 19 heavy (non-hydrogen) atoms. The molecule has 2 aromatic heterocycles.